The summed E-state index contributed by atoms with van der Waals surface area (Å²) in [5.41, 5.74) is 0. The molecule has 1 rings (SSSR count). The molecule has 0 amide bonds. The minimum atomic E-state index is 0.380. The first-order valence-corrected chi connectivity index (χ1v) is 2.63. The van der Waals surface area contributed by atoms with Crippen LogP contribution >= 0.6 is 0 Å². The van der Waals surface area contributed by atoms with Gasteiger partial charge in [-0.15, -0.1) is 0 Å². The third-order valence-electron chi connectivity index (χ3n) is 1.02. The van der Waals surface area contributed by atoms with Gasteiger partial charge in [0.15, 0.2) is 0 Å². The molecule has 0 aromatic heterocycles. The average Bonchev–Trinajstić information content (AvgIpc) is 1.55. The number of nitrogens with one attached hydrogen (secondary N) is 3. The molecular formula is C4H11N3. The quantitative estimate of drug-likeness (QED) is 0.419. The standard InChI is InChI=1S/C4H11N3/c1-2-5-4-6-3-7-4/h4-7H,2-3H2,1H3. The zero-order chi connectivity index (χ0) is 5.11. The minimum Gasteiger partial charge on any atom is -0.290 e. The molecule has 3 N–H and O–H groups in total. The zero-order valence-corrected chi connectivity index (χ0v) is 4.49. The first-order valence-electron chi connectivity index (χ1n) is 2.63. The third kappa shape index (κ3) is 1.12. The van der Waals surface area contributed by atoms with E-state index in [1.807, 2.05) is 0 Å². The first-order chi connectivity index (χ1) is 3.43. The molecular weight excluding hydrogens is 90.1 g/mol. The van der Waals surface area contributed by atoms with Crippen LogP contribution in [0.5, 0.6) is 0 Å². The van der Waals surface area contributed by atoms with E-state index in [-0.39, 0.29) is 0 Å². The Kier molecular flexibility index (Phi) is 1.62. The van der Waals surface area contributed by atoms with Crippen molar-refractivity contribution < 1.29 is 0 Å². The van der Waals surface area contributed by atoms with Crippen LogP contribution in [0.1, 0.15) is 6.92 Å². The molecule has 0 aromatic carbocycles. The molecule has 1 saturated heterocycles. The van der Waals surface area contributed by atoms with Crippen molar-refractivity contribution in [3.8, 4) is 0 Å². The highest BCUT2D eigenvalue weighted by Gasteiger charge is 2.10. The highest BCUT2D eigenvalue weighted by Crippen LogP contribution is 1.76. The van der Waals surface area contributed by atoms with Gasteiger partial charge in [0, 0.05) is 0 Å². The number of hydrogen-bond donors (Lipinski definition) is 3. The van der Waals surface area contributed by atoms with E-state index in [1.165, 1.54) is 0 Å². The molecule has 0 saturated carbocycles. The van der Waals surface area contributed by atoms with E-state index in [4.69, 9.17) is 0 Å². The van der Waals surface area contributed by atoms with Crippen molar-refractivity contribution in [2.75, 3.05) is 13.2 Å². The monoisotopic (exact) mass is 101 g/mol. The predicted molar refractivity (Wildman–Crippen MR) is 28.6 cm³/mol. The summed E-state index contributed by atoms with van der Waals surface area (Å²) < 4.78 is 0. The van der Waals surface area contributed by atoms with Crippen molar-refractivity contribution in [3.05, 3.63) is 0 Å². The van der Waals surface area contributed by atoms with Crippen LogP contribution in [0.2, 0.25) is 0 Å². The SMILES string of the molecule is CCNC1NCN1. The van der Waals surface area contributed by atoms with Crippen LogP contribution in [0.25, 0.3) is 0 Å². The molecule has 1 aliphatic heterocycles. The van der Waals surface area contributed by atoms with Gasteiger partial charge in [-0.05, 0) is 6.54 Å². The Morgan fingerprint density at radius 2 is 2.43 bits per heavy atom. The maximum atomic E-state index is 3.16. The van der Waals surface area contributed by atoms with E-state index >= 15 is 0 Å². The molecule has 1 fully saturated rings. The molecule has 7 heavy (non-hydrogen) atoms. The van der Waals surface area contributed by atoms with Gasteiger partial charge in [0.25, 0.3) is 0 Å². The fraction of sp³-hybridized carbons (Fsp3) is 1.00. The summed E-state index contributed by atoms with van der Waals surface area (Å²) in [6.45, 7) is 4.05. The number of hydrogen-bond acceptors (Lipinski definition) is 3. The molecule has 0 radical (unpaired) electrons. The molecule has 0 aliphatic carbocycles. The van der Waals surface area contributed by atoms with Crippen molar-refractivity contribution in [2.24, 2.45) is 0 Å². The van der Waals surface area contributed by atoms with Gasteiger partial charge < -0.3 is 0 Å². The van der Waals surface area contributed by atoms with Crippen LogP contribution in [0.4, 0.5) is 0 Å². The molecule has 0 bridgehead atoms. The Labute approximate surface area is 43.5 Å². The fourth-order valence-corrected chi connectivity index (χ4v) is 0.553. The first kappa shape index (κ1) is 5.03. The minimum absolute atomic E-state index is 0.380. The van der Waals surface area contributed by atoms with Crippen molar-refractivity contribution in [3.63, 3.8) is 0 Å². The van der Waals surface area contributed by atoms with Gasteiger partial charge in [-0.2, -0.15) is 0 Å². The lowest BCUT2D eigenvalue weighted by Crippen LogP contribution is -2.65. The van der Waals surface area contributed by atoms with Crippen molar-refractivity contribution >= 4 is 0 Å². The van der Waals surface area contributed by atoms with E-state index in [2.05, 4.69) is 22.9 Å². The smallest absolute Gasteiger partial charge is 0.113 e. The summed E-state index contributed by atoms with van der Waals surface area (Å²) in [7, 11) is 0. The Hall–Kier alpha value is -0.120. The van der Waals surface area contributed by atoms with Crippen LogP contribution < -0.4 is 16.0 Å². The Bertz CT molecular complexity index is 50.9. The normalized spacial score (nSPS) is 21.9. The van der Waals surface area contributed by atoms with Crippen LogP contribution in [-0.4, -0.2) is 19.5 Å². The van der Waals surface area contributed by atoms with Gasteiger partial charge in [-0.1, -0.05) is 6.92 Å². The molecule has 1 heterocycles. The zero-order valence-electron chi connectivity index (χ0n) is 4.49. The van der Waals surface area contributed by atoms with Crippen molar-refractivity contribution in [1.82, 2.24) is 16.0 Å². The van der Waals surface area contributed by atoms with Gasteiger partial charge in [0.1, 0.15) is 6.29 Å². The van der Waals surface area contributed by atoms with E-state index in [0.29, 0.717) is 6.29 Å². The molecule has 0 atom stereocenters. The van der Waals surface area contributed by atoms with Gasteiger partial charge >= 0.3 is 0 Å². The maximum absolute atomic E-state index is 3.16. The summed E-state index contributed by atoms with van der Waals surface area (Å²) in [5.74, 6) is 0. The highest BCUT2D eigenvalue weighted by atomic mass is 15.4. The molecule has 3 heteroatoms. The van der Waals surface area contributed by atoms with Gasteiger partial charge in [-0.25, -0.2) is 0 Å². The molecule has 1 aliphatic rings. The Balaban J connectivity index is 1.93. The average molecular weight is 101 g/mol. The summed E-state index contributed by atoms with van der Waals surface area (Å²) in [6, 6.07) is 0. The third-order valence-corrected chi connectivity index (χ3v) is 1.02. The molecule has 0 unspecified atom stereocenters. The molecule has 3 nitrogen and oxygen atoms in total. The lowest BCUT2D eigenvalue weighted by molar-refractivity contribution is 0.253. The molecule has 0 aromatic rings. The van der Waals surface area contributed by atoms with Crippen LogP contribution in [0.15, 0.2) is 0 Å². The van der Waals surface area contributed by atoms with Gasteiger partial charge in [0.2, 0.25) is 0 Å². The summed E-state index contributed by atoms with van der Waals surface area (Å²) in [4.78, 5) is 0. The molecule has 0 spiro atoms. The lowest BCUT2D eigenvalue weighted by Gasteiger charge is -2.29. The van der Waals surface area contributed by atoms with Crippen LogP contribution in [0, 0.1) is 0 Å². The summed E-state index contributed by atoms with van der Waals surface area (Å²) in [5, 5.41) is 9.41. The highest BCUT2D eigenvalue weighted by molar-refractivity contribution is 4.67. The van der Waals surface area contributed by atoms with Crippen LogP contribution in [0.3, 0.4) is 0 Å². The number of rotatable bonds is 2. The van der Waals surface area contributed by atoms with Gasteiger partial charge in [0.05, 0.1) is 6.67 Å². The fourth-order valence-electron chi connectivity index (χ4n) is 0.553. The van der Waals surface area contributed by atoms with E-state index in [0.717, 1.165) is 13.2 Å². The second kappa shape index (κ2) is 2.26. The Morgan fingerprint density at radius 3 is 2.57 bits per heavy atom. The maximum Gasteiger partial charge on any atom is 0.113 e. The summed E-state index contributed by atoms with van der Waals surface area (Å²) >= 11 is 0. The largest absolute Gasteiger partial charge is 0.290 e. The van der Waals surface area contributed by atoms with Gasteiger partial charge in [-0.3, -0.25) is 16.0 Å². The lowest BCUT2D eigenvalue weighted by atomic mass is 10.6. The molecule has 42 valence electrons. The Morgan fingerprint density at radius 1 is 1.71 bits per heavy atom. The van der Waals surface area contributed by atoms with E-state index in [1.54, 1.807) is 0 Å². The predicted octanol–water partition coefficient (Wildman–Crippen LogP) is -0.970. The van der Waals surface area contributed by atoms with Crippen molar-refractivity contribution in [1.29, 1.82) is 0 Å². The van der Waals surface area contributed by atoms with Crippen molar-refractivity contribution in [2.45, 2.75) is 13.2 Å². The second-order valence-corrected chi connectivity index (χ2v) is 1.58. The topological polar surface area (TPSA) is 36.1 Å². The second-order valence-electron chi connectivity index (χ2n) is 1.58. The van der Waals surface area contributed by atoms with E-state index < -0.39 is 0 Å². The van der Waals surface area contributed by atoms with Crippen LogP contribution in [-0.2, 0) is 0 Å². The van der Waals surface area contributed by atoms with E-state index in [9.17, 15) is 0 Å². The summed E-state index contributed by atoms with van der Waals surface area (Å²) in [6.07, 6.45) is 0.380.